The van der Waals surface area contributed by atoms with E-state index in [1.807, 2.05) is 24.0 Å². The number of hydrogen-bond donors (Lipinski definition) is 1. The van der Waals surface area contributed by atoms with Gasteiger partial charge in [0.05, 0.1) is 22.1 Å². The lowest BCUT2D eigenvalue weighted by molar-refractivity contribution is -0.123. The van der Waals surface area contributed by atoms with Crippen LogP contribution in [0.25, 0.3) is 10.9 Å². The van der Waals surface area contributed by atoms with Crippen molar-refractivity contribution in [3.63, 3.8) is 0 Å². The fourth-order valence-corrected chi connectivity index (χ4v) is 5.51. The molecule has 1 aliphatic carbocycles. The molecular weight excluding hydrogens is 424 g/mol. The van der Waals surface area contributed by atoms with Gasteiger partial charge < -0.3 is 10.2 Å². The van der Waals surface area contributed by atoms with E-state index in [0.717, 1.165) is 36.8 Å². The minimum atomic E-state index is -3.34. The van der Waals surface area contributed by atoms with Crippen molar-refractivity contribution >= 4 is 32.6 Å². The van der Waals surface area contributed by atoms with Crippen LogP contribution in [0.2, 0.25) is 0 Å². The maximum absolute atomic E-state index is 13.2. The van der Waals surface area contributed by atoms with Gasteiger partial charge in [0, 0.05) is 18.2 Å². The molecule has 1 saturated heterocycles. The van der Waals surface area contributed by atoms with Crippen LogP contribution in [0.5, 0.6) is 0 Å². The predicted octanol–water partition coefficient (Wildman–Crippen LogP) is 3.11. The SMILES string of the molecule is Cc1nc(N2CCCC2C(=O)NC2CCc3ccccc32)nc2cc(S(C)(=O)=O)ccc12. The summed E-state index contributed by atoms with van der Waals surface area (Å²) in [5, 5.41) is 4.05. The zero-order valence-corrected chi connectivity index (χ0v) is 19.0. The molecule has 7 nitrogen and oxygen atoms in total. The third-order valence-electron chi connectivity index (χ3n) is 6.54. The number of carbonyl (C=O) groups excluding carboxylic acids is 1. The van der Waals surface area contributed by atoms with Crippen LogP contribution in [0.15, 0.2) is 47.4 Å². The molecular formula is C24H26N4O3S. The van der Waals surface area contributed by atoms with E-state index in [4.69, 9.17) is 0 Å². The molecule has 1 amide bonds. The molecule has 1 fully saturated rings. The predicted molar refractivity (Wildman–Crippen MR) is 123 cm³/mol. The summed E-state index contributed by atoms with van der Waals surface area (Å²) in [6.07, 6.45) is 4.70. The summed E-state index contributed by atoms with van der Waals surface area (Å²) in [6.45, 7) is 2.57. The van der Waals surface area contributed by atoms with E-state index in [9.17, 15) is 13.2 Å². The Bertz CT molecular complexity index is 1320. The van der Waals surface area contributed by atoms with E-state index in [-0.39, 0.29) is 22.9 Å². The first-order chi connectivity index (χ1) is 15.3. The number of aromatic nitrogens is 2. The molecule has 3 aromatic rings. The maximum atomic E-state index is 13.2. The van der Waals surface area contributed by atoms with Crippen LogP contribution >= 0.6 is 0 Å². The first kappa shape index (κ1) is 20.9. The number of aryl methyl sites for hydroxylation is 2. The van der Waals surface area contributed by atoms with Crippen LogP contribution in [0.3, 0.4) is 0 Å². The zero-order valence-electron chi connectivity index (χ0n) is 18.2. The molecule has 0 spiro atoms. The van der Waals surface area contributed by atoms with Gasteiger partial charge in [-0.3, -0.25) is 4.79 Å². The lowest BCUT2D eigenvalue weighted by atomic mass is 10.1. The minimum absolute atomic E-state index is 0.00422. The fourth-order valence-electron chi connectivity index (χ4n) is 4.87. The van der Waals surface area contributed by atoms with Gasteiger partial charge in [-0.25, -0.2) is 18.4 Å². The summed E-state index contributed by atoms with van der Waals surface area (Å²) in [5.41, 5.74) is 3.85. The van der Waals surface area contributed by atoms with Gasteiger partial charge in [0.25, 0.3) is 0 Å². The number of anilines is 1. The molecule has 2 unspecified atom stereocenters. The van der Waals surface area contributed by atoms with Crippen molar-refractivity contribution in [3.8, 4) is 0 Å². The van der Waals surface area contributed by atoms with E-state index in [0.29, 0.717) is 18.0 Å². The largest absolute Gasteiger partial charge is 0.347 e. The molecule has 2 atom stereocenters. The fraction of sp³-hybridized carbons (Fsp3) is 0.375. The second-order valence-electron chi connectivity index (χ2n) is 8.71. The van der Waals surface area contributed by atoms with Gasteiger partial charge in [0.1, 0.15) is 6.04 Å². The number of benzene rings is 2. The number of nitrogens with one attached hydrogen (secondary N) is 1. The first-order valence-electron chi connectivity index (χ1n) is 10.9. The van der Waals surface area contributed by atoms with Crippen LogP contribution in [-0.4, -0.2) is 43.1 Å². The van der Waals surface area contributed by atoms with Crippen LogP contribution < -0.4 is 10.2 Å². The van der Waals surface area contributed by atoms with Crippen molar-refractivity contribution in [1.82, 2.24) is 15.3 Å². The summed E-state index contributed by atoms with van der Waals surface area (Å²) in [7, 11) is -3.34. The summed E-state index contributed by atoms with van der Waals surface area (Å²) >= 11 is 0. The molecule has 0 saturated carbocycles. The molecule has 0 bridgehead atoms. The molecule has 8 heteroatoms. The van der Waals surface area contributed by atoms with Crippen molar-refractivity contribution in [3.05, 3.63) is 59.3 Å². The molecule has 2 aromatic carbocycles. The van der Waals surface area contributed by atoms with Crippen LogP contribution in [-0.2, 0) is 21.1 Å². The number of nitrogens with zero attached hydrogens (tertiary/aromatic N) is 3. The quantitative estimate of drug-likeness (QED) is 0.657. The second-order valence-corrected chi connectivity index (χ2v) is 10.7. The zero-order chi connectivity index (χ0) is 22.5. The second kappa shape index (κ2) is 7.85. The van der Waals surface area contributed by atoms with Crippen LogP contribution in [0.1, 0.15) is 42.1 Å². The third kappa shape index (κ3) is 3.72. The highest BCUT2D eigenvalue weighted by atomic mass is 32.2. The normalized spacial score (nSPS) is 20.5. The summed E-state index contributed by atoms with van der Waals surface area (Å²) in [5.74, 6) is 0.473. The number of hydrogen-bond acceptors (Lipinski definition) is 6. The van der Waals surface area contributed by atoms with Gasteiger partial charge in [-0.05, 0) is 61.9 Å². The molecule has 166 valence electrons. The first-order valence-corrected chi connectivity index (χ1v) is 12.8. The van der Waals surface area contributed by atoms with Gasteiger partial charge in [-0.1, -0.05) is 24.3 Å². The Labute approximate surface area is 187 Å². The van der Waals surface area contributed by atoms with E-state index in [1.165, 1.54) is 17.4 Å². The molecule has 5 rings (SSSR count). The standard InChI is InChI=1S/C24H26N4O3S/c1-15-18-11-10-17(32(2,30)31)14-21(18)27-24(25-15)28-13-5-8-22(28)23(29)26-20-12-9-16-6-3-4-7-19(16)20/h3-4,6-7,10-11,14,20,22H,5,8-9,12-13H2,1-2H3,(H,26,29). The Balaban J connectivity index is 1.43. The van der Waals surface area contributed by atoms with E-state index in [2.05, 4.69) is 27.4 Å². The van der Waals surface area contributed by atoms with Crippen molar-refractivity contribution in [1.29, 1.82) is 0 Å². The molecule has 32 heavy (non-hydrogen) atoms. The maximum Gasteiger partial charge on any atom is 0.243 e. The molecule has 1 aliphatic heterocycles. The van der Waals surface area contributed by atoms with E-state index >= 15 is 0 Å². The third-order valence-corrected chi connectivity index (χ3v) is 7.65. The van der Waals surface area contributed by atoms with Gasteiger partial charge in [0.15, 0.2) is 9.84 Å². The highest BCUT2D eigenvalue weighted by molar-refractivity contribution is 7.90. The number of carbonyl (C=O) groups is 1. The highest BCUT2D eigenvalue weighted by Gasteiger charge is 2.35. The lowest BCUT2D eigenvalue weighted by Crippen LogP contribution is -2.45. The number of rotatable bonds is 4. The van der Waals surface area contributed by atoms with Gasteiger partial charge >= 0.3 is 0 Å². The van der Waals surface area contributed by atoms with Crippen molar-refractivity contribution in [2.24, 2.45) is 0 Å². The van der Waals surface area contributed by atoms with Crippen LogP contribution in [0.4, 0.5) is 5.95 Å². The molecule has 2 heterocycles. The number of amides is 1. The Morgan fingerprint density at radius 3 is 2.75 bits per heavy atom. The number of fused-ring (bicyclic) bond motifs is 2. The van der Waals surface area contributed by atoms with Gasteiger partial charge in [-0.15, -0.1) is 0 Å². The molecule has 2 aliphatic rings. The lowest BCUT2D eigenvalue weighted by Gasteiger charge is -2.26. The Hall–Kier alpha value is -3.00. The Morgan fingerprint density at radius 2 is 1.94 bits per heavy atom. The van der Waals surface area contributed by atoms with E-state index < -0.39 is 9.84 Å². The minimum Gasteiger partial charge on any atom is -0.347 e. The average molecular weight is 451 g/mol. The van der Waals surface area contributed by atoms with Crippen molar-refractivity contribution < 1.29 is 13.2 Å². The summed E-state index contributed by atoms with van der Waals surface area (Å²) in [4.78, 5) is 24.7. The smallest absolute Gasteiger partial charge is 0.243 e. The Kier molecular flexibility index (Phi) is 5.12. The van der Waals surface area contributed by atoms with Crippen molar-refractivity contribution in [2.45, 2.75) is 49.6 Å². The van der Waals surface area contributed by atoms with Gasteiger partial charge in [-0.2, -0.15) is 0 Å². The topological polar surface area (TPSA) is 92.3 Å². The molecule has 0 radical (unpaired) electrons. The Morgan fingerprint density at radius 1 is 1.12 bits per heavy atom. The van der Waals surface area contributed by atoms with Crippen molar-refractivity contribution in [2.75, 3.05) is 17.7 Å². The number of sulfone groups is 1. The average Bonchev–Trinajstić information content (AvgIpc) is 3.40. The van der Waals surface area contributed by atoms with E-state index in [1.54, 1.807) is 18.2 Å². The monoisotopic (exact) mass is 450 g/mol. The summed E-state index contributed by atoms with van der Waals surface area (Å²) in [6, 6.07) is 12.9. The highest BCUT2D eigenvalue weighted by Crippen LogP contribution is 2.32. The van der Waals surface area contributed by atoms with Crippen LogP contribution in [0, 0.1) is 6.92 Å². The van der Waals surface area contributed by atoms with Gasteiger partial charge in [0.2, 0.25) is 11.9 Å². The molecule has 1 N–H and O–H groups in total. The summed E-state index contributed by atoms with van der Waals surface area (Å²) < 4.78 is 24.0. The molecule has 1 aromatic heterocycles.